The van der Waals surface area contributed by atoms with Gasteiger partial charge < -0.3 is 9.47 Å². The molecule has 3 aromatic rings. The van der Waals surface area contributed by atoms with E-state index in [0.29, 0.717) is 36.0 Å². The second kappa shape index (κ2) is 13.1. The van der Waals surface area contributed by atoms with E-state index in [0.717, 1.165) is 5.56 Å². The molecule has 3 N–H and O–H groups in total. The molecule has 0 heterocycles. The van der Waals surface area contributed by atoms with Crippen LogP contribution in [0.5, 0.6) is 11.5 Å². The number of carbonyl (C=O) groups is 2. The third-order valence-corrected chi connectivity index (χ3v) is 5.29. The van der Waals surface area contributed by atoms with E-state index in [2.05, 4.69) is 30.0 Å². The zero-order valence-electron chi connectivity index (χ0n) is 19.7. The highest BCUT2D eigenvalue weighted by Gasteiger charge is 2.14. The lowest BCUT2D eigenvalue weighted by atomic mass is 10.0. The lowest BCUT2D eigenvalue weighted by Crippen LogP contribution is -2.49. The zero-order valence-corrected chi connectivity index (χ0v) is 20.6. The van der Waals surface area contributed by atoms with Crippen molar-refractivity contribution in [2.45, 2.75) is 26.2 Å². The van der Waals surface area contributed by atoms with Crippen molar-refractivity contribution < 1.29 is 19.1 Å². The molecular weight excluding hydrogens is 462 g/mol. The average Bonchev–Trinajstić information content (AvgIpc) is 2.87. The Labute approximate surface area is 210 Å². The highest BCUT2D eigenvalue weighted by molar-refractivity contribution is 7.80. The first-order valence-electron chi connectivity index (χ1n) is 11.3. The van der Waals surface area contributed by atoms with Crippen molar-refractivity contribution in [3.8, 4) is 11.5 Å². The SMILES string of the molecule is CC(C)c1ccc(OCC(=O)NNC(=S)NC(=O)c2ccccc2OCCc2ccccc2)cc1. The smallest absolute Gasteiger partial charge is 0.276 e. The van der Waals surface area contributed by atoms with Crippen molar-refractivity contribution in [3.63, 3.8) is 0 Å². The summed E-state index contributed by atoms with van der Waals surface area (Å²) in [6.45, 7) is 4.43. The van der Waals surface area contributed by atoms with Gasteiger partial charge in [0.2, 0.25) is 0 Å². The Hall–Kier alpha value is -3.91. The van der Waals surface area contributed by atoms with Gasteiger partial charge in [-0.2, -0.15) is 0 Å². The Balaban J connectivity index is 1.42. The second-order valence-corrected chi connectivity index (χ2v) is 8.46. The van der Waals surface area contributed by atoms with Crippen LogP contribution in [0, 0.1) is 0 Å². The summed E-state index contributed by atoms with van der Waals surface area (Å²) in [5, 5.41) is 2.48. The van der Waals surface area contributed by atoms with Crippen molar-refractivity contribution in [2.75, 3.05) is 13.2 Å². The molecule has 3 aromatic carbocycles. The molecule has 0 unspecified atom stereocenters. The van der Waals surface area contributed by atoms with Crippen LogP contribution in [0.15, 0.2) is 78.9 Å². The topological polar surface area (TPSA) is 88.7 Å². The van der Waals surface area contributed by atoms with E-state index >= 15 is 0 Å². The van der Waals surface area contributed by atoms with Crippen LogP contribution in [0.25, 0.3) is 0 Å². The zero-order chi connectivity index (χ0) is 25.0. The first-order chi connectivity index (χ1) is 16.9. The van der Waals surface area contributed by atoms with E-state index in [4.69, 9.17) is 21.7 Å². The maximum atomic E-state index is 12.7. The molecule has 7 nitrogen and oxygen atoms in total. The predicted molar refractivity (Wildman–Crippen MR) is 139 cm³/mol. The molecule has 35 heavy (non-hydrogen) atoms. The molecule has 0 aliphatic rings. The minimum absolute atomic E-state index is 0.0521. The fourth-order valence-electron chi connectivity index (χ4n) is 3.17. The van der Waals surface area contributed by atoms with Crippen molar-refractivity contribution >= 4 is 29.1 Å². The van der Waals surface area contributed by atoms with Gasteiger partial charge >= 0.3 is 0 Å². The van der Waals surface area contributed by atoms with Gasteiger partial charge in [0, 0.05) is 6.42 Å². The van der Waals surface area contributed by atoms with Gasteiger partial charge in [0.15, 0.2) is 11.7 Å². The number of rotatable bonds is 9. The molecule has 0 aliphatic carbocycles. The van der Waals surface area contributed by atoms with Crippen LogP contribution >= 0.6 is 12.2 Å². The highest BCUT2D eigenvalue weighted by Crippen LogP contribution is 2.19. The van der Waals surface area contributed by atoms with Crippen LogP contribution in [0.2, 0.25) is 0 Å². The largest absolute Gasteiger partial charge is 0.492 e. The summed E-state index contributed by atoms with van der Waals surface area (Å²) < 4.78 is 11.3. The van der Waals surface area contributed by atoms with Crippen molar-refractivity contribution in [1.29, 1.82) is 0 Å². The standard InChI is InChI=1S/C27H29N3O4S/c1-19(2)21-12-14-22(15-13-21)34-18-25(31)29-30-27(35)28-26(32)23-10-6-7-11-24(23)33-17-16-20-8-4-3-5-9-20/h3-15,19H,16-18H2,1-2H3,(H,29,31)(H2,28,30,32,35). The minimum Gasteiger partial charge on any atom is -0.492 e. The Morgan fingerprint density at radius 3 is 2.26 bits per heavy atom. The molecule has 3 rings (SSSR count). The van der Waals surface area contributed by atoms with Crippen LogP contribution in [0.1, 0.15) is 41.3 Å². The van der Waals surface area contributed by atoms with Crippen LogP contribution in [-0.2, 0) is 11.2 Å². The van der Waals surface area contributed by atoms with Gasteiger partial charge in [-0.25, -0.2) is 0 Å². The third kappa shape index (κ3) is 8.42. The molecule has 0 radical (unpaired) electrons. The maximum Gasteiger partial charge on any atom is 0.276 e. The molecule has 0 fully saturated rings. The third-order valence-electron chi connectivity index (χ3n) is 5.08. The normalized spacial score (nSPS) is 10.4. The fraction of sp³-hybridized carbons (Fsp3) is 0.222. The molecule has 0 atom stereocenters. The first-order valence-corrected chi connectivity index (χ1v) is 11.7. The van der Waals surface area contributed by atoms with Gasteiger partial charge in [-0.3, -0.25) is 25.8 Å². The molecule has 0 bridgehead atoms. The van der Waals surface area contributed by atoms with E-state index < -0.39 is 11.8 Å². The fourth-order valence-corrected chi connectivity index (χ4v) is 3.31. The van der Waals surface area contributed by atoms with E-state index in [-0.39, 0.29) is 11.7 Å². The molecule has 0 saturated carbocycles. The Kier molecular flexibility index (Phi) is 9.62. The minimum atomic E-state index is -0.450. The summed E-state index contributed by atoms with van der Waals surface area (Å²) >= 11 is 5.12. The number of hydrogen-bond acceptors (Lipinski definition) is 5. The number of hydrazine groups is 1. The van der Waals surface area contributed by atoms with E-state index in [1.54, 1.807) is 24.3 Å². The van der Waals surface area contributed by atoms with Crippen molar-refractivity contribution in [2.24, 2.45) is 0 Å². The second-order valence-electron chi connectivity index (χ2n) is 8.05. The van der Waals surface area contributed by atoms with Crippen LogP contribution < -0.4 is 25.6 Å². The number of amides is 2. The number of para-hydroxylation sites is 1. The van der Waals surface area contributed by atoms with Gasteiger partial charge in [0.1, 0.15) is 11.5 Å². The van der Waals surface area contributed by atoms with Gasteiger partial charge in [-0.1, -0.05) is 68.4 Å². The Morgan fingerprint density at radius 1 is 0.857 bits per heavy atom. The molecule has 0 aromatic heterocycles. The summed E-state index contributed by atoms with van der Waals surface area (Å²) in [6, 6.07) is 24.4. The summed E-state index contributed by atoms with van der Waals surface area (Å²) in [7, 11) is 0. The number of carbonyl (C=O) groups excluding carboxylic acids is 2. The summed E-state index contributed by atoms with van der Waals surface area (Å²) in [5.74, 6) is 0.558. The average molecular weight is 492 g/mol. The maximum absolute atomic E-state index is 12.7. The van der Waals surface area contributed by atoms with Gasteiger partial charge in [0.25, 0.3) is 11.8 Å². The number of ether oxygens (including phenoxy) is 2. The van der Waals surface area contributed by atoms with Gasteiger partial charge in [0.05, 0.1) is 12.2 Å². The molecular formula is C27H29N3O4S. The number of nitrogens with one attached hydrogen (secondary N) is 3. The van der Waals surface area contributed by atoms with E-state index in [1.165, 1.54) is 5.56 Å². The quantitative estimate of drug-likeness (QED) is 0.308. The monoisotopic (exact) mass is 491 g/mol. The van der Waals surface area contributed by atoms with E-state index in [1.807, 2.05) is 54.6 Å². The number of hydrogen-bond donors (Lipinski definition) is 3. The van der Waals surface area contributed by atoms with Crippen LogP contribution in [0.3, 0.4) is 0 Å². The Bertz CT molecular complexity index is 1130. The molecule has 0 aliphatic heterocycles. The molecule has 2 amide bonds. The predicted octanol–water partition coefficient (Wildman–Crippen LogP) is 4.15. The molecule has 8 heteroatoms. The van der Waals surface area contributed by atoms with Crippen molar-refractivity contribution in [3.05, 3.63) is 95.6 Å². The van der Waals surface area contributed by atoms with Gasteiger partial charge in [-0.05, 0) is 53.5 Å². The van der Waals surface area contributed by atoms with Crippen LogP contribution in [-0.4, -0.2) is 30.1 Å². The summed E-state index contributed by atoms with van der Waals surface area (Å²) in [4.78, 5) is 24.7. The lowest BCUT2D eigenvalue weighted by molar-refractivity contribution is -0.123. The number of benzene rings is 3. The molecule has 0 spiro atoms. The highest BCUT2D eigenvalue weighted by atomic mass is 32.1. The van der Waals surface area contributed by atoms with E-state index in [9.17, 15) is 9.59 Å². The molecule has 0 saturated heterocycles. The summed E-state index contributed by atoms with van der Waals surface area (Å²) in [6.07, 6.45) is 0.715. The van der Waals surface area contributed by atoms with Crippen molar-refractivity contribution in [1.82, 2.24) is 16.2 Å². The van der Waals surface area contributed by atoms with Gasteiger partial charge in [-0.15, -0.1) is 0 Å². The molecule has 182 valence electrons. The first kappa shape index (κ1) is 25.7. The Morgan fingerprint density at radius 2 is 1.54 bits per heavy atom. The lowest BCUT2D eigenvalue weighted by Gasteiger charge is -2.14. The summed E-state index contributed by atoms with van der Waals surface area (Å²) in [5.41, 5.74) is 7.58. The van der Waals surface area contributed by atoms with Crippen LogP contribution in [0.4, 0.5) is 0 Å². The number of thiocarbonyl (C=S) groups is 1.